The highest BCUT2D eigenvalue weighted by Gasteiger charge is 2.34. The molecule has 0 aromatic heterocycles. The Morgan fingerprint density at radius 3 is 2.12 bits per heavy atom. The maximum atomic E-state index is 6.27. The van der Waals surface area contributed by atoms with E-state index in [4.69, 9.17) is 4.53 Å². The molecule has 1 rings (SSSR count). The molecule has 94 valence electrons. The van der Waals surface area contributed by atoms with Gasteiger partial charge in [0.2, 0.25) is 8.32 Å². The molecule has 0 unspecified atom stereocenters. The van der Waals surface area contributed by atoms with Crippen LogP contribution in [0.15, 0.2) is 50.2 Å². The fourth-order valence-corrected chi connectivity index (χ4v) is 5.06. The van der Waals surface area contributed by atoms with Crippen molar-refractivity contribution in [3.8, 4) is 0 Å². The molecule has 17 heavy (non-hydrogen) atoms. The second kappa shape index (κ2) is 7.30. The summed E-state index contributed by atoms with van der Waals surface area (Å²) < 4.78 is 6.27. The fourth-order valence-electron chi connectivity index (χ4n) is 2.11. The average molecular weight is 249 g/mol. The first-order valence-electron chi connectivity index (χ1n) is 6.21. The van der Waals surface area contributed by atoms with Gasteiger partial charge in [-0.3, -0.25) is 5.06 Å². The molecule has 0 saturated heterocycles. The standard InChI is InChI=1S/C14H23NOSi/c1-4-12-17(13-5-2,14-6-3)16-15-10-8-7-9-11-15/h4-6,8,10H,1-3,7,9,11-14H2. The molecule has 1 aliphatic rings. The van der Waals surface area contributed by atoms with Crippen LogP contribution in [0.25, 0.3) is 0 Å². The zero-order valence-corrected chi connectivity index (χ0v) is 11.6. The summed E-state index contributed by atoms with van der Waals surface area (Å²) in [6, 6.07) is 2.82. The van der Waals surface area contributed by atoms with Crippen LogP contribution in [0.1, 0.15) is 12.8 Å². The van der Waals surface area contributed by atoms with E-state index in [0.717, 1.165) is 37.5 Å². The molecule has 0 radical (unpaired) electrons. The van der Waals surface area contributed by atoms with Crippen LogP contribution in [0, 0.1) is 0 Å². The van der Waals surface area contributed by atoms with Crippen LogP contribution in [0.5, 0.6) is 0 Å². The molecule has 0 spiro atoms. The van der Waals surface area contributed by atoms with Crippen molar-refractivity contribution in [2.24, 2.45) is 0 Å². The lowest BCUT2D eigenvalue weighted by molar-refractivity contribution is -0.0250. The third-order valence-electron chi connectivity index (χ3n) is 2.88. The van der Waals surface area contributed by atoms with E-state index < -0.39 is 8.32 Å². The molecule has 0 aromatic rings. The first kappa shape index (κ1) is 14.0. The molecule has 0 amide bonds. The van der Waals surface area contributed by atoms with Crippen molar-refractivity contribution in [1.82, 2.24) is 5.06 Å². The van der Waals surface area contributed by atoms with Gasteiger partial charge in [-0.2, -0.15) is 0 Å². The summed E-state index contributed by atoms with van der Waals surface area (Å²) in [6.45, 7) is 12.5. The smallest absolute Gasteiger partial charge is 0.240 e. The van der Waals surface area contributed by atoms with E-state index >= 15 is 0 Å². The Hall–Kier alpha value is -1.06. The lowest BCUT2D eigenvalue weighted by Crippen LogP contribution is -2.43. The summed E-state index contributed by atoms with van der Waals surface area (Å²) in [6.07, 6.45) is 12.4. The van der Waals surface area contributed by atoms with Crippen LogP contribution >= 0.6 is 0 Å². The van der Waals surface area contributed by atoms with Gasteiger partial charge in [0.25, 0.3) is 0 Å². The summed E-state index contributed by atoms with van der Waals surface area (Å²) in [7, 11) is -1.86. The minimum absolute atomic E-state index is 0.940. The Kier molecular flexibility index (Phi) is 6.01. The molecular weight excluding hydrogens is 226 g/mol. The van der Waals surface area contributed by atoms with Gasteiger partial charge in [-0.15, -0.1) is 19.7 Å². The maximum absolute atomic E-state index is 6.27. The molecule has 2 nitrogen and oxygen atoms in total. The topological polar surface area (TPSA) is 12.5 Å². The van der Waals surface area contributed by atoms with Crippen LogP contribution in [0.2, 0.25) is 18.1 Å². The van der Waals surface area contributed by atoms with Crippen molar-refractivity contribution >= 4 is 8.32 Å². The largest absolute Gasteiger partial charge is 0.319 e. The van der Waals surface area contributed by atoms with E-state index in [1.54, 1.807) is 0 Å². The predicted octanol–water partition coefficient (Wildman–Crippen LogP) is 4.03. The molecule has 0 saturated carbocycles. The van der Waals surface area contributed by atoms with Crippen LogP contribution < -0.4 is 0 Å². The molecule has 0 bridgehead atoms. The lowest BCUT2D eigenvalue weighted by Gasteiger charge is -2.35. The number of allylic oxidation sites excluding steroid dienone is 4. The number of hydrogen-bond donors (Lipinski definition) is 0. The average Bonchev–Trinajstić information content (AvgIpc) is 2.31. The first-order valence-corrected chi connectivity index (χ1v) is 8.74. The number of hydrogen-bond acceptors (Lipinski definition) is 2. The van der Waals surface area contributed by atoms with Crippen molar-refractivity contribution in [1.29, 1.82) is 0 Å². The van der Waals surface area contributed by atoms with E-state index in [-0.39, 0.29) is 0 Å². The summed E-state index contributed by atoms with van der Waals surface area (Å²) >= 11 is 0. The van der Waals surface area contributed by atoms with Crippen molar-refractivity contribution in [3.05, 3.63) is 50.2 Å². The molecule has 1 aliphatic heterocycles. The SMILES string of the molecule is C=CC[Si](CC=C)(CC=C)ON1C=CCCC1. The van der Waals surface area contributed by atoms with Crippen LogP contribution in [-0.2, 0) is 4.53 Å². The van der Waals surface area contributed by atoms with Gasteiger partial charge in [-0.25, -0.2) is 0 Å². The highest BCUT2D eigenvalue weighted by molar-refractivity contribution is 6.75. The van der Waals surface area contributed by atoms with Gasteiger partial charge >= 0.3 is 0 Å². The van der Waals surface area contributed by atoms with Gasteiger partial charge in [0, 0.05) is 12.7 Å². The summed E-state index contributed by atoms with van der Waals surface area (Å²) in [4.78, 5) is 0. The second-order valence-corrected chi connectivity index (χ2v) is 8.19. The Bertz CT molecular complexity index is 272. The Morgan fingerprint density at radius 2 is 1.71 bits per heavy atom. The Labute approximate surface area is 106 Å². The molecule has 0 aliphatic carbocycles. The van der Waals surface area contributed by atoms with Crippen LogP contribution in [-0.4, -0.2) is 19.9 Å². The number of rotatable bonds is 8. The molecule has 0 atom stereocenters. The Balaban J connectivity index is 2.74. The molecule has 1 heterocycles. The van der Waals surface area contributed by atoms with Gasteiger partial charge in [0.1, 0.15) is 0 Å². The Morgan fingerprint density at radius 1 is 1.12 bits per heavy atom. The first-order chi connectivity index (χ1) is 8.26. The third kappa shape index (κ3) is 4.36. The summed E-state index contributed by atoms with van der Waals surface area (Å²) in [5, 5.41) is 1.99. The fraction of sp³-hybridized carbons (Fsp3) is 0.429. The van der Waals surface area contributed by atoms with E-state index in [1.165, 1.54) is 0 Å². The quantitative estimate of drug-likeness (QED) is 0.475. The molecule has 0 fully saturated rings. The van der Waals surface area contributed by atoms with E-state index in [2.05, 4.69) is 32.0 Å². The zero-order valence-electron chi connectivity index (χ0n) is 10.6. The van der Waals surface area contributed by atoms with Gasteiger partial charge < -0.3 is 4.53 Å². The normalized spacial score (nSPS) is 15.6. The zero-order chi connectivity index (χ0) is 12.6. The highest BCUT2D eigenvalue weighted by Crippen LogP contribution is 2.26. The van der Waals surface area contributed by atoms with Crippen molar-refractivity contribution in [2.75, 3.05) is 6.54 Å². The van der Waals surface area contributed by atoms with E-state index in [1.807, 2.05) is 23.3 Å². The van der Waals surface area contributed by atoms with Crippen LogP contribution in [0.3, 0.4) is 0 Å². The van der Waals surface area contributed by atoms with Gasteiger partial charge in [0.15, 0.2) is 0 Å². The second-order valence-electron chi connectivity index (χ2n) is 4.42. The maximum Gasteiger partial charge on any atom is 0.240 e. The van der Waals surface area contributed by atoms with Crippen molar-refractivity contribution < 1.29 is 4.53 Å². The minimum atomic E-state index is -1.86. The third-order valence-corrected chi connectivity index (χ3v) is 6.60. The van der Waals surface area contributed by atoms with Gasteiger partial charge in [-0.05, 0) is 31.0 Å². The highest BCUT2D eigenvalue weighted by atomic mass is 28.4. The molecule has 0 aromatic carbocycles. The molecule has 3 heteroatoms. The van der Waals surface area contributed by atoms with E-state index in [9.17, 15) is 0 Å². The number of hydroxylamine groups is 2. The van der Waals surface area contributed by atoms with E-state index in [0.29, 0.717) is 0 Å². The predicted molar refractivity (Wildman–Crippen MR) is 76.9 cm³/mol. The van der Waals surface area contributed by atoms with Crippen molar-refractivity contribution in [2.45, 2.75) is 31.0 Å². The minimum Gasteiger partial charge on any atom is -0.319 e. The van der Waals surface area contributed by atoms with Gasteiger partial charge in [0.05, 0.1) is 0 Å². The monoisotopic (exact) mass is 249 g/mol. The summed E-state index contributed by atoms with van der Waals surface area (Å²) in [5.74, 6) is 0. The van der Waals surface area contributed by atoms with Crippen LogP contribution in [0.4, 0.5) is 0 Å². The molecular formula is C14H23NOSi. The van der Waals surface area contributed by atoms with Gasteiger partial charge in [-0.1, -0.05) is 24.3 Å². The molecule has 0 N–H and O–H groups in total. The lowest BCUT2D eigenvalue weighted by atomic mass is 10.2. The number of nitrogens with zero attached hydrogens (tertiary/aromatic N) is 1. The summed E-state index contributed by atoms with van der Waals surface area (Å²) in [5.41, 5.74) is 0. The van der Waals surface area contributed by atoms with Crippen molar-refractivity contribution in [3.63, 3.8) is 0 Å².